The van der Waals surface area contributed by atoms with E-state index in [2.05, 4.69) is 5.32 Å². The average molecular weight is 244 g/mol. The standard InChI is InChI=1S/C11H20N2O4/c1-7(2)5-9(10(15)16)12-11(17)13-4-3-8(14)6-13/h7-9,14H,3-6H2,1-2H3,(H,12,17)(H,15,16)/t8?,9-/m1/s1. The molecule has 1 unspecified atom stereocenters. The van der Waals surface area contributed by atoms with Crippen LogP contribution in [-0.2, 0) is 4.79 Å². The number of β-amino-alcohol motifs (C(OH)–C–C–N with tert-alkyl or cyclic N) is 1. The summed E-state index contributed by atoms with van der Waals surface area (Å²) >= 11 is 0. The molecule has 2 atom stereocenters. The summed E-state index contributed by atoms with van der Waals surface area (Å²) in [7, 11) is 0. The minimum Gasteiger partial charge on any atom is -0.480 e. The Morgan fingerprint density at radius 3 is 2.53 bits per heavy atom. The van der Waals surface area contributed by atoms with Gasteiger partial charge in [0.15, 0.2) is 0 Å². The molecule has 1 fully saturated rings. The van der Waals surface area contributed by atoms with Gasteiger partial charge in [0.25, 0.3) is 0 Å². The lowest BCUT2D eigenvalue weighted by Gasteiger charge is -2.21. The second kappa shape index (κ2) is 5.86. The summed E-state index contributed by atoms with van der Waals surface area (Å²) in [4.78, 5) is 24.1. The van der Waals surface area contributed by atoms with Gasteiger partial charge in [-0.05, 0) is 18.8 Å². The molecule has 0 aliphatic carbocycles. The number of carboxylic acid groups (broad SMARTS) is 1. The van der Waals surface area contributed by atoms with Crippen LogP contribution in [-0.4, -0.2) is 52.3 Å². The van der Waals surface area contributed by atoms with Crippen LogP contribution in [0.2, 0.25) is 0 Å². The van der Waals surface area contributed by atoms with Crippen LogP contribution in [0.4, 0.5) is 4.79 Å². The zero-order valence-corrected chi connectivity index (χ0v) is 10.2. The molecule has 3 N–H and O–H groups in total. The molecule has 0 aromatic heterocycles. The highest BCUT2D eigenvalue weighted by Crippen LogP contribution is 2.10. The molecule has 1 aliphatic rings. The number of urea groups is 1. The minimum absolute atomic E-state index is 0.195. The number of rotatable bonds is 4. The molecule has 2 amide bonds. The van der Waals surface area contributed by atoms with Gasteiger partial charge in [-0.3, -0.25) is 0 Å². The van der Waals surface area contributed by atoms with Crippen molar-refractivity contribution in [2.24, 2.45) is 5.92 Å². The fraction of sp³-hybridized carbons (Fsp3) is 0.818. The second-order valence-corrected chi connectivity index (χ2v) is 4.86. The van der Waals surface area contributed by atoms with E-state index < -0.39 is 24.1 Å². The summed E-state index contributed by atoms with van der Waals surface area (Å²) in [6.07, 6.45) is 0.460. The highest BCUT2D eigenvalue weighted by molar-refractivity contribution is 5.82. The molecule has 0 aromatic rings. The first-order valence-corrected chi connectivity index (χ1v) is 5.86. The number of nitrogens with one attached hydrogen (secondary N) is 1. The highest BCUT2D eigenvalue weighted by atomic mass is 16.4. The maximum Gasteiger partial charge on any atom is 0.326 e. The van der Waals surface area contributed by atoms with Gasteiger partial charge in [0, 0.05) is 13.1 Å². The smallest absolute Gasteiger partial charge is 0.326 e. The fourth-order valence-electron chi connectivity index (χ4n) is 1.86. The molecule has 1 heterocycles. The Balaban J connectivity index is 2.49. The van der Waals surface area contributed by atoms with Crippen molar-refractivity contribution in [1.29, 1.82) is 0 Å². The molecule has 0 saturated carbocycles. The van der Waals surface area contributed by atoms with Crippen molar-refractivity contribution in [3.63, 3.8) is 0 Å². The number of likely N-dealkylation sites (tertiary alicyclic amines) is 1. The third kappa shape index (κ3) is 4.22. The largest absolute Gasteiger partial charge is 0.480 e. The Labute approximate surface area is 101 Å². The first-order chi connectivity index (χ1) is 7.90. The maximum absolute atomic E-state index is 11.7. The molecule has 6 heteroatoms. The van der Waals surface area contributed by atoms with Crippen LogP contribution in [0.15, 0.2) is 0 Å². The van der Waals surface area contributed by atoms with E-state index in [1.165, 1.54) is 4.90 Å². The van der Waals surface area contributed by atoms with Crippen LogP contribution in [0.25, 0.3) is 0 Å². The Bertz CT molecular complexity index is 293. The summed E-state index contributed by atoms with van der Waals surface area (Å²) < 4.78 is 0. The topological polar surface area (TPSA) is 89.9 Å². The van der Waals surface area contributed by atoms with Gasteiger partial charge in [-0.25, -0.2) is 9.59 Å². The Hall–Kier alpha value is -1.30. The number of aliphatic hydroxyl groups excluding tert-OH is 1. The molecule has 0 radical (unpaired) electrons. The van der Waals surface area contributed by atoms with Gasteiger partial charge in [0.2, 0.25) is 0 Å². The monoisotopic (exact) mass is 244 g/mol. The molecule has 0 spiro atoms. The molecule has 98 valence electrons. The summed E-state index contributed by atoms with van der Waals surface area (Å²) in [5, 5.41) is 20.8. The number of aliphatic carboxylic acids is 1. The van der Waals surface area contributed by atoms with E-state index >= 15 is 0 Å². The van der Waals surface area contributed by atoms with Crippen molar-refractivity contribution in [3.05, 3.63) is 0 Å². The van der Waals surface area contributed by atoms with Gasteiger partial charge in [0.05, 0.1) is 6.10 Å². The number of carbonyl (C=O) groups excluding carboxylic acids is 1. The van der Waals surface area contributed by atoms with E-state index in [9.17, 15) is 14.7 Å². The van der Waals surface area contributed by atoms with Gasteiger partial charge in [0.1, 0.15) is 6.04 Å². The molecule has 1 saturated heterocycles. The Morgan fingerprint density at radius 1 is 1.47 bits per heavy atom. The quantitative estimate of drug-likeness (QED) is 0.661. The second-order valence-electron chi connectivity index (χ2n) is 4.86. The summed E-state index contributed by atoms with van der Waals surface area (Å²) in [6, 6.07) is -1.27. The number of hydrogen-bond donors (Lipinski definition) is 3. The number of aliphatic hydroxyl groups is 1. The minimum atomic E-state index is -1.02. The predicted molar refractivity (Wildman–Crippen MR) is 61.6 cm³/mol. The lowest BCUT2D eigenvalue weighted by molar-refractivity contribution is -0.139. The fourth-order valence-corrected chi connectivity index (χ4v) is 1.86. The van der Waals surface area contributed by atoms with Gasteiger partial charge in [-0.15, -0.1) is 0 Å². The van der Waals surface area contributed by atoms with Crippen LogP contribution in [0.3, 0.4) is 0 Å². The number of amides is 2. The lowest BCUT2D eigenvalue weighted by atomic mass is 10.0. The number of hydrogen-bond acceptors (Lipinski definition) is 3. The van der Waals surface area contributed by atoms with Crippen molar-refractivity contribution in [1.82, 2.24) is 10.2 Å². The predicted octanol–water partition coefficient (Wildman–Crippen LogP) is 0.262. The summed E-state index contributed by atoms with van der Waals surface area (Å²) in [6.45, 7) is 4.56. The molecule has 0 aromatic carbocycles. The van der Waals surface area contributed by atoms with Crippen molar-refractivity contribution < 1.29 is 19.8 Å². The van der Waals surface area contributed by atoms with E-state index in [0.717, 1.165) is 0 Å². The van der Waals surface area contributed by atoms with E-state index in [4.69, 9.17) is 5.11 Å². The Kier molecular flexibility index (Phi) is 4.74. The third-order valence-electron chi connectivity index (χ3n) is 2.75. The summed E-state index contributed by atoms with van der Waals surface area (Å²) in [5.41, 5.74) is 0. The van der Waals surface area contributed by atoms with Crippen LogP contribution < -0.4 is 5.32 Å². The van der Waals surface area contributed by atoms with E-state index in [1.807, 2.05) is 13.8 Å². The van der Waals surface area contributed by atoms with Crippen LogP contribution >= 0.6 is 0 Å². The number of nitrogens with zero attached hydrogens (tertiary/aromatic N) is 1. The van der Waals surface area contributed by atoms with Crippen molar-refractivity contribution in [2.75, 3.05) is 13.1 Å². The third-order valence-corrected chi connectivity index (χ3v) is 2.75. The van der Waals surface area contributed by atoms with E-state index in [1.54, 1.807) is 0 Å². The zero-order valence-electron chi connectivity index (χ0n) is 10.2. The first kappa shape index (κ1) is 13.8. The molecule has 17 heavy (non-hydrogen) atoms. The number of carbonyl (C=O) groups is 2. The molecule has 1 aliphatic heterocycles. The van der Waals surface area contributed by atoms with Gasteiger partial charge in [-0.1, -0.05) is 13.8 Å². The molecule has 1 rings (SSSR count). The molecule has 0 bridgehead atoms. The lowest BCUT2D eigenvalue weighted by Crippen LogP contribution is -2.47. The normalized spacial score (nSPS) is 21.6. The average Bonchev–Trinajstić information content (AvgIpc) is 2.63. The maximum atomic E-state index is 11.7. The molecule has 6 nitrogen and oxygen atoms in total. The zero-order chi connectivity index (χ0) is 13.0. The van der Waals surface area contributed by atoms with Gasteiger partial charge >= 0.3 is 12.0 Å². The van der Waals surface area contributed by atoms with Gasteiger partial charge < -0.3 is 20.4 Å². The van der Waals surface area contributed by atoms with E-state index in [0.29, 0.717) is 19.4 Å². The van der Waals surface area contributed by atoms with Crippen LogP contribution in [0.5, 0.6) is 0 Å². The van der Waals surface area contributed by atoms with Crippen LogP contribution in [0, 0.1) is 5.92 Å². The van der Waals surface area contributed by atoms with Crippen molar-refractivity contribution in [3.8, 4) is 0 Å². The van der Waals surface area contributed by atoms with Gasteiger partial charge in [-0.2, -0.15) is 0 Å². The van der Waals surface area contributed by atoms with Crippen molar-refractivity contribution >= 4 is 12.0 Å². The molecular weight excluding hydrogens is 224 g/mol. The van der Waals surface area contributed by atoms with Crippen molar-refractivity contribution in [2.45, 2.75) is 38.8 Å². The first-order valence-electron chi connectivity index (χ1n) is 5.86. The SMILES string of the molecule is CC(C)C[C@@H](NC(=O)N1CCC(O)C1)C(=O)O. The van der Waals surface area contributed by atoms with E-state index in [-0.39, 0.29) is 12.5 Å². The highest BCUT2D eigenvalue weighted by Gasteiger charge is 2.28. The Morgan fingerprint density at radius 2 is 2.12 bits per heavy atom. The molecular formula is C11H20N2O4. The van der Waals surface area contributed by atoms with Crippen LogP contribution in [0.1, 0.15) is 26.7 Å². The number of carboxylic acids is 1. The summed E-state index contributed by atoms with van der Waals surface area (Å²) in [5.74, 6) is -0.827.